The van der Waals surface area contributed by atoms with E-state index in [4.69, 9.17) is 17.4 Å². The van der Waals surface area contributed by atoms with Gasteiger partial charge in [0, 0.05) is 6.20 Å². The molecule has 0 saturated heterocycles. The highest BCUT2D eigenvalue weighted by Gasteiger charge is 2.31. The zero-order valence-corrected chi connectivity index (χ0v) is 11.7. The Labute approximate surface area is 114 Å². The van der Waals surface area contributed by atoms with Gasteiger partial charge in [-0.1, -0.05) is 50.3 Å². The molecule has 2 rings (SSSR count). The van der Waals surface area contributed by atoms with E-state index in [0.29, 0.717) is 11.1 Å². The number of hydrazine groups is 1. The lowest BCUT2D eigenvalue weighted by molar-refractivity contribution is 0.176. The fourth-order valence-corrected chi connectivity index (χ4v) is 3.33. The van der Waals surface area contributed by atoms with Crippen molar-refractivity contribution in [1.82, 2.24) is 10.4 Å². The van der Waals surface area contributed by atoms with Gasteiger partial charge in [0.1, 0.15) is 5.15 Å². The van der Waals surface area contributed by atoms with Crippen LogP contribution in [0.25, 0.3) is 0 Å². The van der Waals surface area contributed by atoms with Crippen LogP contribution in [-0.2, 0) is 0 Å². The van der Waals surface area contributed by atoms with Crippen molar-refractivity contribution < 1.29 is 0 Å². The van der Waals surface area contributed by atoms with Crippen molar-refractivity contribution in [3.63, 3.8) is 0 Å². The Hall–Kier alpha value is -0.640. The Morgan fingerprint density at radius 1 is 1.44 bits per heavy atom. The van der Waals surface area contributed by atoms with Crippen molar-refractivity contribution >= 4 is 11.6 Å². The zero-order valence-electron chi connectivity index (χ0n) is 10.9. The number of hydrogen-bond donors (Lipinski definition) is 2. The van der Waals surface area contributed by atoms with Gasteiger partial charge in [-0.25, -0.2) is 4.98 Å². The van der Waals surface area contributed by atoms with E-state index in [-0.39, 0.29) is 6.04 Å². The molecule has 0 aromatic carbocycles. The maximum absolute atomic E-state index is 5.84. The molecule has 1 aliphatic carbocycles. The fourth-order valence-electron chi connectivity index (χ4n) is 3.22. The highest BCUT2D eigenvalue weighted by molar-refractivity contribution is 6.29. The molecule has 0 spiro atoms. The Morgan fingerprint density at radius 2 is 2.22 bits per heavy atom. The summed E-state index contributed by atoms with van der Waals surface area (Å²) < 4.78 is 0. The predicted molar refractivity (Wildman–Crippen MR) is 75.1 cm³/mol. The summed E-state index contributed by atoms with van der Waals surface area (Å²) in [5.41, 5.74) is 4.13. The molecule has 0 radical (unpaired) electrons. The van der Waals surface area contributed by atoms with Gasteiger partial charge in [0.05, 0.1) is 6.04 Å². The molecule has 4 heteroatoms. The summed E-state index contributed by atoms with van der Waals surface area (Å²) in [6.45, 7) is 2.27. The summed E-state index contributed by atoms with van der Waals surface area (Å²) >= 11 is 5.84. The molecule has 1 aromatic heterocycles. The van der Waals surface area contributed by atoms with Gasteiger partial charge >= 0.3 is 0 Å². The molecular weight excluding hydrogens is 246 g/mol. The second-order valence-corrected chi connectivity index (χ2v) is 5.56. The molecule has 1 aliphatic rings. The molecule has 3 unspecified atom stereocenters. The number of rotatable bonds is 4. The topological polar surface area (TPSA) is 50.9 Å². The molecule has 18 heavy (non-hydrogen) atoms. The molecule has 1 saturated carbocycles. The van der Waals surface area contributed by atoms with Crippen molar-refractivity contribution in [2.24, 2.45) is 17.7 Å². The lowest BCUT2D eigenvalue weighted by Gasteiger charge is -2.36. The highest BCUT2D eigenvalue weighted by atomic mass is 35.5. The number of nitrogens with two attached hydrogens (primary N) is 1. The molecule has 0 bridgehead atoms. The van der Waals surface area contributed by atoms with Gasteiger partial charge in [0.25, 0.3) is 0 Å². The standard InChI is InChI=1S/C14H22ClN3/c1-2-10-5-3-4-6-12(10)14(18-16)11-7-8-13(15)17-9-11/h7-10,12,14,18H,2-6,16H2,1H3. The molecule has 100 valence electrons. The normalized spacial score (nSPS) is 25.9. The van der Waals surface area contributed by atoms with Crippen LogP contribution < -0.4 is 11.3 Å². The molecule has 3 nitrogen and oxygen atoms in total. The SMILES string of the molecule is CCC1CCCCC1C(NN)c1ccc(Cl)nc1. The second-order valence-electron chi connectivity index (χ2n) is 5.18. The molecule has 1 aromatic rings. The minimum absolute atomic E-state index is 0.194. The average molecular weight is 268 g/mol. The van der Waals surface area contributed by atoms with Gasteiger partial charge in [0.15, 0.2) is 0 Å². The van der Waals surface area contributed by atoms with E-state index in [9.17, 15) is 0 Å². The lowest BCUT2D eigenvalue weighted by atomic mass is 9.73. The lowest BCUT2D eigenvalue weighted by Crippen LogP contribution is -2.38. The van der Waals surface area contributed by atoms with Gasteiger partial charge in [-0.15, -0.1) is 0 Å². The second kappa shape index (κ2) is 6.50. The molecule has 0 aliphatic heterocycles. The van der Waals surface area contributed by atoms with Crippen LogP contribution in [0, 0.1) is 11.8 Å². The molecule has 3 N–H and O–H groups in total. The number of nitrogens with zero attached hydrogens (tertiary/aromatic N) is 1. The van der Waals surface area contributed by atoms with Crippen LogP contribution in [0.3, 0.4) is 0 Å². The molecule has 0 amide bonds. The van der Waals surface area contributed by atoms with E-state index in [1.54, 1.807) is 0 Å². The molecular formula is C14H22ClN3. The van der Waals surface area contributed by atoms with E-state index in [1.807, 2.05) is 18.3 Å². The summed E-state index contributed by atoms with van der Waals surface area (Å²) in [5, 5.41) is 0.533. The summed E-state index contributed by atoms with van der Waals surface area (Å²) in [6, 6.07) is 4.06. The molecule has 1 heterocycles. The third-order valence-electron chi connectivity index (χ3n) is 4.21. The maximum Gasteiger partial charge on any atom is 0.129 e. The minimum atomic E-state index is 0.194. The quantitative estimate of drug-likeness (QED) is 0.499. The predicted octanol–water partition coefficient (Wildman–Crippen LogP) is 3.46. The van der Waals surface area contributed by atoms with E-state index in [0.717, 1.165) is 11.5 Å². The van der Waals surface area contributed by atoms with Crippen molar-refractivity contribution in [2.75, 3.05) is 0 Å². The van der Waals surface area contributed by atoms with Crippen molar-refractivity contribution in [2.45, 2.75) is 45.1 Å². The monoisotopic (exact) mass is 267 g/mol. The minimum Gasteiger partial charge on any atom is -0.271 e. The van der Waals surface area contributed by atoms with Crippen LogP contribution in [0.2, 0.25) is 5.15 Å². The van der Waals surface area contributed by atoms with Gasteiger partial charge in [-0.05, 0) is 29.9 Å². The first-order chi connectivity index (χ1) is 8.76. The van der Waals surface area contributed by atoms with Crippen molar-refractivity contribution in [3.05, 3.63) is 29.0 Å². The van der Waals surface area contributed by atoms with Crippen LogP contribution in [-0.4, -0.2) is 4.98 Å². The Bertz CT molecular complexity index is 366. The molecule has 1 fully saturated rings. The Morgan fingerprint density at radius 3 is 2.83 bits per heavy atom. The number of pyridine rings is 1. The Balaban J connectivity index is 2.18. The first-order valence-corrected chi connectivity index (χ1v) is 7.21. The third-order valence-corrected chi connectivity index (χ3v) is 4.43. The average Bonchev–Trinajstić information content (AvgIpc) is 2.42. The largest absolute Gasteiger partial charge is 0.271 e. The highest BCUT2D eigenvalue weighted by Crippen LogP contribution is 2.39. The van der Waals surface area contributed by atoms with E-state index < -0.39 is 0 Å². The van der Waals surface area contributed by atoms with Crippen molar-refractivity contribution in [3.8, 4) is 0 Å². The number of aromatic nitrogens is 1. The first kappa shape index (κ1) is 13.8. The number of halogens is 1. The third kappa shape index (κ3) is 3.02. The van der Waals surface area contributed by atoms with E-state index in [1.165, 1.54) is 32.1 Å². The van der Waals surface area contributed by atoms with Gasteiger partial charge in [-0.2, -0.15) is 0 Å². The van der Waals surface area contributed by atoms with E-state index in [2.05, 4.69) is 17.3 Å². The van der Waals surface area contributed by atoms with Crippen molar-refractivity contribution in [1.29, 1.82) is 0 Å². The smallest absolute Gasteiger partial charge is 0.129 e. The van der Waals surface area contributed by atoms with Crippen LogP contribution in [0.4, 0.5) is 0 Å². The number of hydrogen-bond acceptors (Lipinski definition) is 3. The van der Waals surface area contributed by atoms with Gasteiger partial charge in [0.2, 0.25) is 0 Å². The summed E-state index contributed by atoms with van der Waals surface area (Å²) in [5.74, 6) is 7.15. The van der Waals surface area contributed by atoms with E-state index >= 15 is 0 Å². The number of nitrogens with one attached hydrogen (secondary N) is 1. The van der Waals surface area contributed by atoms with Crippen LogP contribution in [0.1, 0.15) is 50.6 Å². The summed E-state index contributed by atoms with van der Waals surface area (Å²) in [4.78, 5) is 4.16. The van der Waals surface area contributed by atoms with Crippen LogP contribution in [0.5, 0.6) is 0 Å². The van der Waals surface area contributed by atoms with Crippen LogP contribution >= 0.6 is 11.6 Å². The van der Waals surface area contributed by atoms with Crippen LogP contribution in [0.15, 0.2) is 18.3 Å². The molecule has 3 atom stereocenters. The zero-order chi connectivity index (χ0) is 13.0. The van der Waals surface area contributed by atoms with Gasteiger partial charge < -0.3 is 0 Å². The maximum atomic E-state index is 5.84. The fraction of sp³-hybridized carbons (Fsp3) is 0.643. The van der Waals surface area contributed by atoms with Gasteiger partial charge in [-0.3, -0.25) is 11.3 Å². The summed E-state index contributed by atoms with van der Waals surface area (Å²) in [7, 11) is 0. The summed E-state index contributed by atoms with van der Waals surface area (Å²) in [6.07, 6.45) is 8.29. The first-order valence-electron chi connectivity index (χ1n) is 6.83. The Kier molecular flexibility index (Phi) is 4.98.